The second-order valence-electron chi connectivity index (χ2n) is 7.00. The maximum atomic E-state index is 12.4. The molecule has 0 aromatic carbocycles. The molecule has 4 nitrogen and oxygen atoms in total. The Morgan fingerprint density at radius 1 is 1.05 bits per heavy atom. The van der Waals surface area contributed by atoms with Crippen molar-refractivity contribution in [2.75, 3.05) is 6.54 Å². The van der Waals surface area contributed by atoms with Crippen LogP contribution >= 0.6 is 0 Å². The van der Waals surface area contributed by atoms with Gasteiger partial charge < -0.3 is 9.64 Å². The summed E-state index contributed by atoms with van der Waals surface area (Å²) in [4.78, 5) is 26.1. The van der Waals surface area contributed by atoms with Gasteiger partial charge in [0.1, 0.15) is 5.60 Å². The highest BCUT2D eigenvalue weighted by atomic mass is 16.6. The van der Waals surface area contributed by atoms with E-state index in [4.69, 9.17) is 4.74 Å². The third kappa shape index (κ3) is 8.74. The summed E-state index contributed by atoms with van der Waals surface area (Å²) in [5.41, 5.74) is -0.493. The van der Waals surface area contributed by atoms with Gasteiger partial charge in [0.15, 0.2) is 0 Å². The van der Waals surface area contributed by atoms with E-state index < -0.39 is 5.60 Å². The second-order valence-corrected chi connectivity index (χ2v) is 7.00. The van der Waals surface area contributed by atoms with Gasteiger partial charge in [-0.1, -0.05) is 27.7 Å². The third-order valence-electron chi connectivity index (χ3n) is 3.23. The number of esters is 1. The minimum Gasteiger partial charge on any atom is -0.460 e. The van der Waals surface area contributed by atoms with Gasteiger partial charge in [-0.3, -0.25) is 9.59 Å². The summed E-state index contributed by atoms with van der Waals surface area (Å²) in [6.07, 6.45) is 2.28. The quantitative estimate of drug-likeness (QED) is 0.641. The summed E-state index contributed by atoms with van der Waals surface area (Å²) in [5.74, 6) is 0.184. The molecule has 0 aliphatic carbocycles. The first-order valence-electron chi connectivity index (χ1n) is 8.12. The van der Waals surface area contributed by atoms with Crippen LogP contribution in [0.1, 0.15) is 74.1 Å². The molecule has 0 bridgehead atoms. The van der Waals surface area contributed by atoms with Crippen LogP contribution in [0.3, 0.4) is 0 Å². The van der Waals surface area contributed by atoms with E-state index in [1.165, 1.54) is 0 Å². The number of nitrogens with zero attached hydrogens (tertiary/aromatic N) is 1. The van der Waals surface area contributed by atoms with Crippen molar-refractivity contribution in [3.8, 4) is 0 Å². The molecule has 0 aliphatic rings. The van der Waals surface area contributed by atoms with Gasteiger partial charge in [-0.2, -0.15) is 0 Å². The van der Waals surface area contributed by atoms with E-state index in [1.807, 2.05) is 25.7 Å². The van der Waals surface area contributed by atoms with Gasteiger partial charge in [0.2, 0.25) is 5.91 Å². The molecule has 0 aliphatic heterocycles. The Balaban J connectivity index is 4.57. The zero-order chi connectivity index (χ0) is 16.6. The third-order valence-corrected chi connectivity index (χ3v) is 3.23. The summed E-state index contributed by atoms with van der Waals surface area (Å²) in [6, 6.07) is 0.263. The van der Waals surface area contributed by atoms with Gasteiger partial charge in [-0.25, -0.2) is 0 Å². The second kappa shape index (κ2) is 9.06. The Morgan fingerprint density at radius 3 is 1.95 bits per heavy atom. The van der Waals surface area contributed by atoms with Crippen LogP contribution in [0.2, 0.25) is 0 Å². The van der Waals surface area contributed by atoms with Crippen LogP contribution < -0.4 is 0 Å². The Morgan fingerprint density at radius 2 is 1.57 bits per heavy atom. The largest absolute Gasteiger partial charge is 0.460 e. The van der Waals surface area contributed by atoms with Crippen LogP contribution in [0.4, 0.5) is 0 Å². The average molecular weight is 299 g/mol. The van der Waals surface area contributed by atoms with Crippen LogP contribution in [0.5, 0.6) is 0 Å². The predicted molar refractivity (Wildman–Crippen MR) is 86.0 cm³/mol. The Kier molecular flexibility index (Phi) is 8.60. The molecule has 0 spiro atoms. The average Bonchev–Trinajstić information content (AvgIpc) is 2.33. The zero-order valence-electron chi connectivity index (χ0n) is 14.9. The molecular weight excluding hydrogens is 266 g/mol. The molecule has 0 fully saturated rings. The standard InChI is InChI=1S/C17H33NO3/c1-8-14(9-2)18(12-13(3)4)15(19)10-11-16(20)21-17(5,6)7/h13-14H,8-12H2,1-7H3. The van der Waals surface area contributed by atoms with Gasteiger partial charge in [-0.15, -0.1) is 0 Å². The van der Waals surface area contributed by atoms with E-state index in [-0.39, 0.29) is 30.8 Å². The molecule has 0 aromatic heterocycles. The lowest BCUT2D eigenvalue weighted by molar-refractivity contribution is -0.156. The van der Waals surface area contributed by atoms with Gasteiger partial charge in [0, 0.05) is 19.0 Å². The van der Waals surface area contributed by atoms with E-state index in [0.717, 1.165) is 19.4 Å². The number of carbonyl (C=O) groups is 2. The van der Waals surface area contributed by atoms with Crippen molar-refractivity contribution in [1.29, 1.82) is 0 Å². The molecule has 0 unspecified atom stereocenters. The highest BCUT2D eigenvalue weighted by molar-refractivity contribution is 5.81. The van der Waals surface area contributed by atoms with Crippen LogP contribution in [0, 0.1) is 5.92 Å². The van der Waals surface area contributed by atoms with Crippen LogP contribution in [0.15, 0.2) is 0 Å². The first kappa shape index (κ1) is 19.9. The molecule has 0 rings (SSSR count). The lowest BCUT2D eigenvalue weighted by Crippen LogP contribution is -2.42. The fourth-order valence-corrected chi connectivity index (χ4v) is 2.32. The van der Waals surface area contributed by atoms with Crippen molar-refractivity contribution in [2.45, 2.75) is 85.8 Å². The molecule has 124 valence electrons. The summed E-state index contributed by atoms with van der Waals surface area (Å²) >= 11 is 0. The van der Waals surface area contributed by atoms with E-state index in [2.05, 4.69) is 27.7 Å². The van der Waals surface area contributed by atoms with Crippen molar-refractivity contribution < 1.29 is 14.3 Å². The van der Waals surface area contributed by atoms with Gasteiger partial charge in [0.25, 0.3) is 0 Å². The van der Waals surface area contributed by atoms with Crippen LogP contribution in [-0.4, -0.2) is 35.0 Å². The van der Waals surface area contributed by atoms with Gasteiger partial charge >= 0.3 is 5.97 Å². The minimum absolute atomic E-state index is 0.0586. The Hall–Kier alpha value is -1.06. The fourth-order valence-electron chi connectivity index (χ4n) is 2.32. The lowest BCUT2D eigenvalue weighted by Gasteiger charge is -2.32. The maximum Gasteiger partial charge on any atom is 0.306 e. The number of amides is 1. The van der Waals surface area contributed by atoms with Crippen molar-refractivity contribution in [3.05, 3.63) is 0 Å². The van der Waals surface area contributed by atoms with E-state index in [1.54, 1.807) is 0 Å². The monoisotopic (exact) mass is 299 g/mol. The fraction of sp³-hybridized carbons (Fsp3) is 0.882. The first-order chi connectivity index (χ1) is 9.60. The Labute approximate surface area is 130 Å². The zero-order valence-corrected chi connectivity index (χ0v) is 14.9. The number of hydrogen-bond donors (Lipinski definition) is 0. The Bertz CT molecular complexity index is 327. The number of ether oxygens (including phenoxy) is 1. The molecule has 21 heavy (non-hydrogen) atoms. The van der Waals surface area contributed by atoms with Crippen molar-refractivity contribution >= 4 is 11.9 Å². The predicted octanol–water partition coefficient (Wildman–Crippen LogP) is 3.78. The lowest BCUT2D eigenvalue weighted by atomic mass is 10.1. The number of carbonyl (C=O) groups excluding carboxylic acids is 2. The topological polar surface area (TPSA) is 46.6 Å². The van der Waals surface area contributed by atoms with E-state index in [0.29, 0.717) is 5.92 Å². The first-order valence-corrected chi connectivity index (χ1v) is 8.12. The molecule has 0 radical (unpaired) electrons. The van der Waals surface area contributed by atoms with E-state index >= 15 is 0 Å². The molecule has 1 amide bonds. The number of hydrogen-bond acceptors (Lipinski definition) is 3. The summed E-state index contributed by atoms with van der Waals surface area (Å²) in [7, 11) is 0. The van der Waals surface area contributed by atoms with Crippen LogP contribution in [0.25, 0.3) is 0 Å². The molecule has 0 saturated heterocycles. The smallest absolute Gasteiger partial charge is 0.306 e. The molecule has 0 aromatic rings. The van der Waals surface area contributed by atoms with Crippen LogP contribution in [-0.2, 0) is 14.3 Å². The molecule has 4 heteroatoms. The van der Waals surface area contributed by atoms with Gasteiger partial charge in [-0.05, 0) is 39.5 Å². The minimum atomic E-state index is -0.493. The van der Waals surface area contributed by atoms with Gasteiger partial charge in [0.05, 0.1) is 6.42 Å². The molecule has 0 atom stereocenters. The molecule has 0 saturated carbocycles. The van der Waals surface area contributed by atoms with Crippen molar-refractivity contribution in [3.63, 3.8) is 0 Å². The van der Waals surface area contributed by atoms with Crippen molar-refractivity contribution in [1.82, 2.24) is 4.90 Å². The highest BCUT2D eigenvalue weighted by Gasteiger charge is 2.23. The van der Waals surface area contributed by atoms with Crippen molar-refractivity contribution in [2.24, 2.45) is 5.92 Å². The van der Waals surface area contributed by atoms with E-state index in [9.17, 15) is 9.59 Å². The highest BCUT2D eigenvalue weighted by Crippen LogP contribution is 2.15. The molecule has 0 heterocycles. The maximum absolute atomic E-state index is 12.4. The summed E-state index contributed by atoms with van der Waals surface area (Å²) in [6.45, 7) is 14.7. The normalized spacial score (nSPS) is 11.9. The summed E-state index contributed by atoms with van der Waals surface area (Å²) < 4.78 is 5.25. The SMILES string of the molecule is CCC(CC)N(CC(C)C)C(=O)CCC(=O)OC(C)(C)C. The molecule has 0 N–H and O–H groups in total. The number of rotatable bonds is 8. The molecular formula is C17H33NO3. The summed E-state index contributed by atoms with van der Waals surface area (Å²) in [5, 5.41) is 0.